The Bertz CT molecular complexity index is 507. The molecule has 0 spiro atoms. The predicted octanol–water partition coefficient (Wildman–Crippen LogP) is 1.95. The fourth-order valence-corrected chi connectivity index (χ4v) is 1.70. The number of aliphatic hydroxyl groups excluding tert-OH is 1. The molecular weight excluding hydrogens is 207 g/mol. The Balaban J connectivity index is 2.45. The molecule has 0 amide bonds. The first kappa shape index (κ1) is 10.8. The average Bonchev–Trinajstić information content (AvgIpc) is 2.67. The topological polar surface area (TPSA) is 38.1 Å². The van der Waals surface area contributed by atoms with Crippen molar-refractivity contribution in [2.75, 3.05) is 0 Å². The summed E-state index contributed by atoms with van der Waals surface area (Å²) in [6, 6.07) is 4.39. The second-order valence-electron chi connectivity index (χ2n) is 3.83. The van der Waals surface area contributed by atoms with Gasteiger partial charge >= 0.3 is 0 Å². The van der Waals surface area contributed by atoms with Gasteiger partial charge in [-0.1, -0.05) is 6.07 Å². The van der Waals surface area contributed by atoms with Crippen molar-refractivity contribution in [1.29, 1.82) is 0 Å². The van der Waals surface area contributed by atoms with Gasteiger partial charge in [0, 0.05) is 7.05 Å². The minimum absolute atomic E-state index is 0.346. The third-order valence-corrected chi connectivity index (χ3v) is 2.67. The van der Waals surface area contributed by atoms with E-state index in [-0.39, 0.29) is 5.82 Å². The molecule has 0 aliphatic carbocycles. The lowest BCUT2D eigenvalue weighted by Crippen LogP contribution is -2.07. The molecule has 1 atom stereocenters. The second kappa shape index (κ2) is 4.06. The van der Waals surface area contributed by atoms with Gasteiger partial charge in [-0.05, 0) is 30.2 Å². The predicted molar refractivity (Wildman–Crippen MR) is 58.4 cm³/mol. The van der Waals surface area contributed by atoms with Gasteiger partial charge in [0.05, 0.1) is 18.2 Å². The minimum Gasteiger partial charge on any atom is -0.382 e. The normalized spacial score (nSPS) is 12.8. The molecule has 0 aliphatic heterocycles. The molecule has 84 valence electrons. The summed E-state index contributed by atoms with van der Waals surface area (Å²) in [5.74, 6) is -0.346. The summed E-state index contributed by atoms with van der Waals surface area (Å²) >= 11 is 0. The number of rotatable bonds is 2. The van der Waals surface area contributed by atoms with E-state index >= 15 is 0 Å². The van der Waals surface area contributed by atoms with E-state index < -0.39 is 6.10 Å². The van der Waals surface area contributed by atoms with Crippen LogP contribution in [0.15, 0.2) is 30.7 Å². The number of nitrogens with zero attached hydrogens (tertiary/aromatic N) is 2. The van der Waals surface area contributed by atoms with Crippen LogP contribution in [-0.2, 0) is 7.05 Å². The number of imidazole rings is 1. The number of aliphatic hydroxyl groups is 1. The monoisotopic (exact) mass is 220 g/mol. The summed E-state index contributed by atoms with van der Waals surface area (Å²) in [7, 11) is 1.79. The molecule has 2 aromatic rings. The largest absolute Gasteiger partial charge is 0.382 e. The Kier molecular flexibility index (Phi) is 2.75. The van der Waals surface area contributed by atoms with Gasteiger partial charge in [-0.15, -0.1) is 0 Å². The van der Waals surface area contributed by atoms with E-state index in [2.05, 4.69) is 4.98 Å². The molecule has 16 heavy (non-hydrogen) atoms. The maximum atomic E-state index is 13.1. The van der Waals surface area contributed by atoms with Crippen molar-refractivity contribution in [2.45, 2.75) is 13.0 Å². The Morgan fingerprint density at radius 1 is 1.44 bits per heavy atom. The average molecular weight is 220 g/mol. The molecule has 0 saturated carbocycles. The molecular formula is C12H13FN2O. The molecule has 0 aliphatic rings. The van der Waals surface area contributed by atoms with Gasteiger partial charge in [-0.25, -0.2) is 9.37 Å². The molecule has 0 fully saturated rings. The van der Waals surface area contributed by atoms with E-state index in [1.165, 1.54) is 12.1 Å². The zero-order valence-electron chi connectivity index (χ0n) is 9.18. The van der Waals surface area contributed by atoms with Crippen LogP contribution in [0.5, 0.6) is 0 Å². The fraction of sp³-hybridized carbons (Fsp3) is 0.250. The molecule has 1 unspecified atom stereocenters. The van der Waals surface area contributed by atoms with E-state index in [9.17, 15) is 9.50 Å². The van der Waals surface area contributed by atoms with E-state index in [1.54, 1.807) is 30.2 Å². The second-order valence-corrected chi connectivity index (χ2v) is 3.83. The molecule has 1 heterocycles. The van der Waals surface area contributed by atoms with Crippen LogP contribution in [0.4, 0.5) is 4.39 Å². The van der Waals surface area contributed by atoms with E-state index in [4.69, 9.17) is 0 Å². The summed E-state index contributed by atoms with van der Waals surface area (Å²) in [5.41, 5.74) is 2.08. The third kappa shape index (κ3) is 1.84. The molecule has 1 N–H and O–H groups in total. The van der Waals surface area contributed by atoms with Crippen molar-refractivity contribution < 1.29 is 9.50 Å². The molecule has 0 radical (unpaired) electrons. The van der Waals surface area contributed by atoms with Crippen LogP contribution in [0, 0.1) is 12.7 Å². The molecule has 0 bridgehead atoms. The summed E-state index contributed by atoms with van der Waals surface area (Å²) in [4.78, 5) is 3.93. The van der Waals surface area contributed by atoms with E-state index in [0.29, 0.717) is 11.3 Å². The number of hydrogen-bond donors (Lipinski definition) is 1. The van der Waals surface area contributed by atoms with Crippen molar-refractivity contribution in [3.8, 4) is 0 Å². The first-order chi connectivity index (χ1) is 7.59. The summed E-state index contributed by atoms with van der Waals surface area (Å²) in [5, 5.41) is 10.1. The number of aromatic nitrogens is 2. The first-order valence-electron chi connectivity index (χ1n) is 5.00. The highest BCUT2D eigenvalue weighted by Crippen LogP contribution is 2.24. The lowest BCUT2D eigenvalue weighted by molar-refractivity contribution is 0.210. The van der Waals surface area contributed by atoms with Crippen LogP contribution >= 0.6 is 0 Å². The van der Waals surface area contributed by atoms with Gasteiger partial charge in [-0.2, -0.15) is 0 Å². The van der Waals surface area contributed by atoms with Crippen LogP contribution in [0.3, 0.4) is 0 Å². The molecule has 1 aromatic heterocycles. The molecule has 3 nitrogen and oxygen atoms in total. The van der Waals surface area contributed by atoms with Crippen molar-refractivity contribution >= 4 is 0 Å². The van der Waals surface area contributed by atoms with Crippen LogP contribution < -0.4 is 0 Å². The number of benzene rings is 1. The van der Waals surface area contributed by atoms with Gasteiger partial charge in [0.1, 0.15) is 11.9 Å². The number of aryl methyl sites for hydroxylation is 2. The minimum atomic E-state index is -0.844. The van der Waals surface area contributed by atoms with Gasteiger partial charge in [0.15, 0.2) is 0 Å². The lowest BCUT2D eigenvalue weighted by Gasteiger charge is -2.14. The summed E-state index contributed by atoms with van der Waals surface area (Å²) in [6.45, 7) is 1.84. The zero-order chi connectivity index (χ0) is 11.7. The standard InChI is InChI=1S/C12H13FN2O/c1-8-3-4-9(13)5-10(8)12(16)11-6-14-7-15(11)2/h3-7,12,16H,1-2H3. The van der Waals surface area contributed by atoms with Crippen LogP contribution in [0.25, 0.3) is 0 Å². The highest BCUT2D eigenvalue weighted by molar-refractivity contribution is 5.32. The van der Waals surface area contributed by atoms with Gasteiger partial charge in [0.2, 0.25) is 0 Å². The maximum absolute atomic E-state index is 13.1. The van der Waals surface area contributed by atoms with Gasteiger partial charge in [-0.3, -0.25) is 0 Å². The third-order valence-electron chi connectivity index (χ3n) is 2.67. The van der Waals surface area contributed by atoms with Crippen LogP contribution in [0.1, 0.15) is 22.9 Å². The summed E-state index contributed by atoms with van der Waals surface area (Å²) < 4.78 is 14.8. The Morgan fingerprint density at radius 3 is 2.81 bits per heavy atom. The van der Waals surface area contributed by atoms with Crippen molar-refractivity contribution in [3.63, 3.8) is 0 Å². The van der Waals surface area contributed by atoms with E-state index in [0.717, 1.165) is 5.56 Å². The first-order valence-corrected chi connectivity index (χ1v) is 5.00. The van der Waals surface area contributed by atoms with E-state index in [1.807, 2.05) is 6.92 Å². The highest BCUT2D eigenvalue weighted by atomic mass is 19.1. The van der Waals surface area contributed by atoms with Crippen LogP contribution in [-0.4, -0.2) is 14.7 Å². The maximum Gasteiger partial charge on any atom is 0.123 e. The molecule has 2 rings (SSSR count). The molecule has 0 saturated heterocycles. The van der Waals surface area contributed by atoms with Gasteiger partial charge in [0.25, 0.3) is 0 Å². The quantitative estimate of drug-likeness (QED) is 0.840. The Morgan fingerprint density at radius 2 is 2.19 bits per heavy atom. The van der Waals surface area contributed by atoms with Crippen molar-refractivity contribution in [2.24, 2.45) is 7.05 Å². The number of halogens is 1. The molecule has 4 heteroatoms. The van der Waals surface area contributed by atoms with Crippen molar-refractivity contribution in [3.05, 3.63) is 53.4 Å². The molecule has 1 aromatic carbocycles. The van der Waals surface area contributed by atoms with Crippen LogP contribution in [0.2, 0.25) is 0 Å². The highest BCUT2D eigenvalue weighted by Gasteiger charge is 2.16. The van der Waals surface area contributed by atoms with Crippen molar-refractivity contribution in [1.82, 2.24) is 9.55 Å². The Labute approximate surface area is 93.2 Å². The van der Waals surface area contributed by atoms with Gasteiger partial charge < -0.3 is 9.67 Å². The smallest absolute Gasteiger partial charge is 0.123 e. The fourth-order valence-electron chi connectivity index (χ4n) is 1.70. The summed E-state index contributed by atoms with van der Waals surface area (Å²) in [6.07, 6.45) is 2.34. The Hall–Kier alpha value is -1.68. The zero-order valence-corrected chi connectivity index (χ0v) is 9.18. The number of hydrogen-bond acceptors (Lipinski definition) is 2. The lowest BCUT2D eigenvalue weighted by atomic mass is 10.0. The SMILES string of the molecule is Cc1ccc(F)cc1C(O)c1cncn1C.